The predicted molar refractivity (Wildman–Crippen MR) is 81.2 cm³/mol. The molecule has 0 unspecified atom stereocenters. The van der Waals surface area contributed by atoms with Gasteiger partial charge in [0.15, 0.2) is 11.5 Å². The van der Waals surface area contributed by atoms with Crippen LogP contribution >= 0.6 is 0 Å². The van der Waals surface area contributed by atoms with E-state index in [2.05, 4.69) is 0 Å². The van der Waals surface area contributed by atoms with Gasteiger partial charge >= 0.3 is 0 Å². The van der Waals surface area contributed by atoms with Crippen molar-refractivity contribution in [2.24, 2.45) is 0 Å². The molecule has 2 aliphatic rings. The van der Waals surface area contributed by atoms with E-state index in [1.54, 1.807) is 12.2 Å². The van der Waals surface area contributed by atoms with Gasteiger partial charge in [-0.1, -0.05) is 24.3 Å². The van der Waals surface area contributed by atoms with E-state index >= 15 is 0 Å². The second-order valence-corrected chi connectivity index (χ2v) is 5.22. The molecule has 2 aliphatic heterocycles. The zero-order chi connectivity index (χ0) is 14.5. The second kappa shape index (κ2) is 6.48. The first kappa shape index (κ1) is 13.7. The molecule has 2 heterocycles. The lowest BCUT2D eigenvalue weighted by Gasteiger charge is -2.25. The molecule has 3 rings (SSSR count). The number of rotatable bonds is 3. The van der Waals surface area contributed by atoms with Crippen LogP contribution in [-0.2, 0) is 4.79 Å². The van der Waals surface area contributed by atoms with E-state index in [-0.39, 0.29) is 12.7 Å². The topological polar surface area (TPSA) is 38.8 Å². The number of amides is 1. The average Bonchev–Trinajstić information content (AvgIpc) is 3.00. The summed E-state index contributed by atoms with van der Waals surface area (Å²) >= 11 is 0. The van der Waals surface area contributed by atoms with E-state index in [9.17, 15) is 4.79 Å². The van der Waals surface area contributed by atoms with E-state index < -0.39 is 0 Å². The summed E-state index contributed by atoms with van der Waals surface area (Å²) in [7, 11) is 0. The molecule has 0 atom stereocenters. The standard InChI is InChI=1S/C17H19NO3/c19-17(18-10-4-1-5-11-18)7-3-2-6-14-8-9-15-16(12-14)21-13-20-15/h2-3,6-9,12H,1,4-5,10-11,13H2/b6-2+,7-3-. The Morgan fingerprint density at radius 3 is 2.71 bits per heavy atom. The van der Waals surface area contributed by atoms with Crippen molar-refractivity contribution in [2.45, 2.75) is 19.3 Å². The number of fused-ring (bicyclic) bond motifs is 1. The number of carbonyl (C=O) groups excluding carboxylic acids is 1. The number of carbonyl (C=O) groups is 1. The van der Waals surface area contributed by atoms with Crippen molar-refractivity contribution >= 4 is 12.0 Å². The van der Waals surface area contributed by atoms with Gasteiger partial charge in [0.25, 0.3) is 0 Å². The smallest absolute Gasteiger partial charge is 0.246 e. The van der Waals surface area contributed by atoms with Crippen molar-refractivity contribution in [3.63, 3.8) is 0 Å². The molecule has 1 saturated heterocycles. The number of hydrogen-bond acceptors (Lipinski definition) is 3. The van der Waals surface area contributed by atoms with Gasteiger partial charge in [0.1, 0.15) is 0 Å². The summed E-state index contributed by atoms with van der Waals surface area (Å²) in [5.74, 6) is 1.65. The Labute approximate surface area is 124 Å². The van der Waals surface area contributed by atoms with E-state index in [1.807, 2.05) is 35.3 Å². The first-order valence-corrected chi connectivity index (χ1v) is 7.36. The fourth-order valence-electron chi connectivity index (χ4n) is 2.54. The third kappa shape index (κ3) is 3.45. The molecule has 0 bridgehead atoms. The van der Waals surface area contributed by atoms with Gasteiger partial charge in [0.05, 0.1) is 0 Å². The summed E-state index contributed by atoms with van der Waals surface area (Å²) in [6.07, 6.45) is 10.7. The van der Waals surface area contributed by atoms with Crippen molar-refractivity contribution < 1.29 is 14.3 Å². The van der Waals surface area contributed by atoms with Crippen LogP contribution in [0.15, 0.2) is 36.4 Å². The van der Waals surface area contributed by atoms with Crippen molar-refractivity contribution in [3.05, 3.63) is 42.0 Å². The highest BCUT2D eigenvalue weighted by Gasteiger charge is 2.13. The molecule has 21 heavy (non-hydrogen) atoms. The van der Waals surface area contributed by atoms with Gasteiger partial charge in [0.2, 0.25) is 12.7 Å². The molecule has 4 nitrogen and oxygen atoms in total. The number of benzene rings is 1. The van der Waals surface area contributed by atoms with Crippen LogP contribution in [0, 0.1) is 0 Å². The molecular formula is C17H19NO3. The maximum absolute atomic E-state index is 11.9. The molecule has 0 N–H and O–H groups in total. The van der Waals surface area contributed by atoms with Gasteiger partial charge in [0, 0.05) is 19.2 Å². The lowest BCUT2D eigenvalue weighted by molar-refractivity contribution is -0.126. The van der Waals surface area contributed by atoms with E-state index in [1.165, 1.54) is 6.42 Å². The van der Waals surface area contributed by atoms with Crippen molar-refractivity contribution in [1.82, 2.24) is 4.90 Å². The second-order valence-electron chi connectivity index (χ2n) is 5.22. The molecule has 1 aromatic carbocycles. The van der Waals surface area contributed by atoms with Crippen LogP contribution in [0.2, 0.25) is 0 Å². The van der Waals surface area contributed by atoms with Gasteiger partial charge in [-0.15, -0.1) is 0 Å². The SMILES string of the molecule is O=C(/C=C\C=C\c1ccc2c(c1)OCO2)N1CCCCC1. The van der Waals surface area contributed by atoms with E-state index in [0.717, 1.165) is 43.0 Å². The molecule has 1 aromatic rings. The highest BCUT2D eigenvalue weighted by Crippen LogP contribution is 2.32. The highest BCUT2D eigenvalue weighted by atomic mass is 16.7. The average molecular weight is 285 g/mol. The first-order chi connectivity index (χ1) is 10.3. The quantitative estimate of drug-likeness (QED) is 0.633. The molecule has 110 valence electrons. The monoisotopic (exact) mass is 285 g/mol. The van der Waals surface area contributed by atoms with Crippen LogP contribution in [-0.4, -0.2) is 30.7 Å². The van der Waals surface area contributed by atoms with Gasteiger partial charge in [-0.05, 0) is 37.0 Å². The Kier molecular flexibility index (Phi) is 4.24. The van der Waals surface area contributed by atoms with Crippen LogP contribution in [0.25, 0.3) is 6.08 Å². The van der Waals surface area contributed by atoms with E-state index in [0.29, 0.717) is 0 Å². The molecular weight excluding hydrogens is 266 g/mol. The molecule has 0 aromatic heterocycles. The maximum atomic E-state index is 11.9. The summed E-state index contributed by atoms with van der Waals surface area (Å²) in [6.45, 7) is 2.05. The Bertz CT molecular complexity index is 571. The minimum absolute atomic E-state index is 0.102. The van der Waals surface area contributed by atoms with Crippen LogP contribution < -0.4 is 9.47 Å². The lowest BCUT2D eigenvalue weighted by Crippen LogP contribution is -2.34. The van der Waals surface area contributed by atoms with Crippen LogP contribution in [0.4, 0.5) is 0 Å². The number of likely N-dealkylation sites (tertiary alicyclic amines) is 1. The zero-order valence-corrected chi connectivity index (χ0v) is 12.0. The van der Waals surface area contributed by atoms with E-state index in [4.69, 9.17) is 9.47 Å². The Hall–Kier alpha value is -2.23. The van der Waals surface area contributed by atoms with Crippen molar-refractivity contribution in [2.75, 3.05) is 19.9 Å². The minimum atomic E-state index is 0.102. The molecule has 1 amide bonds. The maximum Gasteiger partial charge on any atom is 0.246 e. The number of ether oxygens (including phenoxy) is 2. The Morgan fingerprint density at radius 1 is 1.05 bits per heavy atom. The third-order valence-electron chi connectivity index (χ3n) is 3.70. The van der Waals surface area contributed by atoms with Crippen LogP contribution in [0.1, 0.15) is 24.8 Å². The fraction of sp³-hybridized carbons (Fsp3) is 0.353. The predicted octanol–water partition coefficient (Wildman–Crippen LogP) is 3.00. The van der Waals surface area contributed by atoms with Crippen LogP contribution in [0.5, 0.6) is 11.5 Å². The first-order valence-electron chi connectivity index (χ1n) is 7.36. The number of piperidine rings is 1. The summed E-state index contributed by atoms with van der Waals surface area (Å²) in [6, 6.07) is 5.79. The molecule has 4 heteroatoms. The van der Waals surface area contributed by atoms with Gasteiger partial charge in [-0.3, -0.25) is 4.79 Å². The Balaban J connectivity index is 1.56. The Morgan fingerprint density at radius 2 is 1.86 bits per heavy atom. The van der Waals surface area contributed by atoms with Crippen LogP contribution in [0.3, 0.4) is 0 Å². The summed E-state index contributed by atoms with van der Waals surface area (Å²) in [5, 5.41) is 0. The minimum Gasteiger partial charge on any atom is -0.454 e. The summed E-state index contributed by atoms with van der Waals surface area (Å²) in [4.78, 5) is 13.8. The number of hydrogen-bond donors (Lipinski definition) is 0. The molecule has 1 fully saturated rings. The van der Waals surface area contributed by atoms with Gasteiger partial charge < -0.3 is 14.4 Å². The number of nitrogens with zero attached hydrogens (tertiary/aromatic N) is 1. The number of allylic oxidation sites excluding steroid dienone is 2. The third-order valence-corrected chi connectivity index (χ3v) is 3.70. The van der Waals surface area contributed by atoms with Crippen molar-refractivity contribution in [1.29, 1.82) is 0 Å². The highest BCUT2D eigenvalue weighted by molar-refractivity contribution is 5.88. The summed E-state index contributed by atoms with van der Waals surface area (Å²) in [5.41, 5.74) is 1.02. The zero-order valence-electron chi connectivity index (χ0n) is 12.0. The molecule has 0 radical (unpaired) electrons. The van der Waals surface area contributed by atoms with Crippen molar-refractivity contribution in [3.8, 4) is 11.5 Å². The largest absolute Gasteiger partial charge is 0.454 e. The lowest BCUT2D eigenvalue weighted by atomic mass is 10.1. The molecule has 0 saturated carbocycles. The normalized spacial score (nSPS) is 17.8. The summed E-state index contributed by atoms with van der Waals surface area (Å²) < 4.78 is 10.6. The molecule has 0 aliphatic carbocycles. The fourth-order valence-corrected chi connectivity index (χ4v) is 2.54. The van der Waals surface area contributed by atoms with Gasteiger partial charge in [-0.25, -0.2) is 0 Å². The van der Waals surface area contributed by atoms with Gasteiger partial charge in [-0.2, -0.15) is 0 Å². The molecule has 0 spiro atoms.